The van der Waals surface area contributed by atoms with Crippen LogP contribution in [-0.4, -0.2) is 116 Å². The van der Waals surface area contributed by atoms with Gasteiger partial charge in [0.1, 0.15) is 17.0 Å². The molecule has 3 N–H and O–H groups in total. The Morgan fingerprint density at radius 1 is 1.12 bits per heavy atom. The monoisotopic (exact) mass is 630 g/mol. The number of rotatable bonds is 12. The maximum Gasteiger partial charge on any atom is 0.243 e. The molecular weight excluding hydrogens is 595 g/mol. The van der Waals surface area contributed by atoms with Gasteiger partial charge in [-0.3, -0.25) is 9.69 Å². The summed E-state index contributed by atoms with van der Waals surface area (Å²) in [6.07, 6.45) is 3.02. The quantitative estimate of drug-likeness (QED) is 0.255. The van der Waals surface area contributed by atoms with E-state index in [0.29, 0.717) is 76.4 Å². The van der Waals surface area contributed by atoms with Crippen LogP contribution in [0.3, 0.4) is 0 Å². The summed E-state index contributed by atoms with van der Waals surface area (Å²) in [6.45, 7) is 7.89. The van der Waals surface area contributed by atoms with Crippen molar-refractivity contribution in [3.63, 3.8) is 0 Å². The van der Waals surface area contributed by atoms with E-state index in [9.17, 15) is 4.79 Å². The van der Waals surface area contributed by atoms with Gasteiger partial charge in [0, 0.05) is 49.4 Å². The van der Waals surface area contributed by atoms with Crippen molar-refractivity contribution in [3.05, 3.63) is 41.0 Å². The van der Waals surface area contributed by atoms with Gasteiger partial charge < -0.3 is 35.1 Å². The highest BCUT2D eigenvalue weighted by Crippen LogP contribution is 2.46. The summed E-state index contributed by atoms with van der Waals surface area (Å²) in [4.78, 5) is 31.0. The van der Waals surface area contributed by atoms with Crippen LogP contribution in [0.2, 0.25) is 10.0 Å². The fourth-order valence-corrected chi connectivity index (χ4v) is 5.76. The summed E-state index contributed by atoms with van der Waals surface area (Å²) in [6, 6.07) is 3.27. The molecule has 0 saturated carbocycles. The van der Waals surface area contributed by atoms with Crippen molar-refractivity contribution in [1.82, 2.24) is 30.1 Å². The minimum atomic E-state index is -0.219. The summed E-state index contributed by atoms with van der Waals surface area (Å²) in [5.41, 5.74) is 1.59. The number of halogens is 2. The molecule has 4 heterocycles. The largest absolute Gasteiger partial charge is 0.495 e. The van der Waals surface area contributed by atoms with Gasteiger partial charge >= 0.3 is 0 Å². The summed E-state index contributed by atoms with van der Waals surface area (Å²) in [5.74, 6) is 1.56. The van der Waals surface area contributed by atoms with Crippen LogP contribution in [0.4, 0.5) is 11.8 Å². The molecule has 3 aromatic rings. The maximum absolute atomic E-state index is 12.2. The van der Waals surface area contributed by atoms with Crippen LogP contribution in [0.15, 0.2) is 31.0 Å². The Balaban J connectivity index is 1.51. The predicted octanol–water partition coefficient (Wildman–Crippen LogP) is 3.16. The Morgan fingerprint density at radius 3 is 2.42 bits per heavy atom. The first-order chi connectivity index (χ1) is 20.7. The zero-order chi connectivity index (χ0) is 30.7. The lowest BCUT2D eigenvalue weighted by atomic mass is 10.1. The van der Waals surface area contributed by atoms with E-state index in [0.717, 1.165) is 18.5 Å². The number of likely N-dealkylation sites (N-methyl/N-ethyl adjacent to an activating group) is 1. The zero-order valence-electron chi connectivity index (χ0n) is 24.6. The smallest absolute Gasteiger partial charge is 0.243 e. The molecule has 0 radical (unpaired) electrons. The van der Waals surface area contributed by atoms with Gasteiger partial charge in [-0.1, -0.05) is 29.8 Å². The molecule has 230 valence electrons. The number of hydrogen-bond acceptors (Lipinski definition) is 11. The van der Waals surface area contributed by atoms with Gasteiger partial charge in [0.05, 0.1) is 61.3 Å². The van der Waals surface area contributed by atoms with E-state index in [1.165, 1.54) is 20.3 Å². The van der Waals surface area contributed by atoms with Crippen molar-refractivity contribution < 1.29 is 19.0 Å². The number of benzene rings is 1. The molecule has 5 rings (SSSR count). The highest BCUT2D eigenvalue weighted by Gasteiger charge is 2.34. The minimum Gasteiger partial charge on any atom is -0.495 e. The summed E-state index contributed by atoms with van der Waals surface area (Å²) >= 11 is 13.5. The van der Waals surface area contributed by atoms with Gasteiger partial charge in [-0.15, -0.1) is 0 Å². The molecule has 1 aromatic carbocycles. The fraction of sp³-hybridized carbons (Fsp3) is 0.448. The molecule has 43 heavy (non-hydrogen) atoms. The number of amides is 1. The topological polar surface area (TPSA) is 126 Å². The summed E-state index contributed by atoms with van der Waals surface area (Å²) < 4.78 is 16.3. The van der Waals surface area contributed by atoms with E-state index in [2.05, 4.69) is 37.3 Å². The normalized spacial score (nSPS) is 18.9. The van der Waals surface area contributed by atoms with Gasteiger partial charge in [-0.25, -0.2) is 15.0 Å². The second-order valence-electron chi connectivity index (χ2n) is 10.8. The van der Waals surface area contributed by atoms with Crippen molar-refractivity contribution in [2.45, 2.75) is 18.1 Å². The Kier molecular flexibility index (Phi) is 9.72. The van der Waals surface area contributed by atoms with Crippen LogP contribution < -0.4 is 25.4 Å². The lowest BCUT2D eigenvalue weighted by Crippen LogP contribution is -2.45. The Hall–Kier alpha value is -3.42. The number of carbonyl (C=O) groups is 1. The maximum atomic E-state index is 12.2. The van der Waals surface area contributed by atoms with E-state index in [-0.39, 0.29) is 24.0 Å². The lowest BCUT2D eigenvalue weighted by molar-refractivity contribution is -0.117. The Labute approximate surface area is 260 Å². The van der Waals surface area contributed by atoms with Crippen molar-refractivity contribution in [1.29, 1.82) is 0 Å². The number of carbonyl (C=O) groups excluding carboxylic acids is 1. The molecule has 2 fully saturated rings. The number of ether oxygens (including phenoxy) is 3. The third kappa shape index (κ3) is 6.89. The summed E-state index contributed by atoms with van der Waals surface area (Å²) in [5, 5.41) is 11.3. The predicted molar refractivity (Wildman–Crippen MR) is 169 cm³/mol. The van der Waals surface area contributed by atoms with Crippen LogP contribution in [0, 0.1) is 0 Å². The minimum absolute atomic E-state index is 0.0710. The lowest BCUT2D eigenvalue weighted by Gasteiger charge is -2.28. The second-order valence-corrected chi connectivity index (χ2v) is 11.5. The molecule has 0 spiro atoms. The Morgan fingerprint density at radius 2 is 1.81 bits per heavy atom. The van der Waals surface area contributed by atoms with E-state index in [1.807, 2.05) is 20.2 Å². The number of fused-ring (bicyclic) bond motifs is 1. The number of nitrogens with one attached hydrogen (secondary N) is 3. The fourth-order valence-electron chi connectivity index (χ4n) is 5.07. The standard InChI is InChI=1S/C29H36Cl2N8O4/c1-6-23(40)34-19-12-39(8-7-38(2)3)13-20(19)36-29-32-11-16-9-18(35-28(27(16)37-29)33-17-14-43-15-17)24-25(30)21(41-4)10-22(42-5)26(24)31/h6,9-11,17,19-20H,1,7-8,12-15H2,2-5H3,(H,33,35)(H,34,40)(H,32,36,37)/t19-,20+/m0/s1. The van der Waals surface area contributed by atoms with Crippen LogP contribution in [0.5, 0.6) is 11.5 Å². The highest BCUT2D eigenvalue weighted by atomic mass is 35.5. The number of nitrogens with zero attached hydrogens (tertiary/aromatic N) is 5. The van der Waals surface area contributed by atoms with Gasteiger partial charge in [0.25, 0.3) is 0 Å². The molecule has 2 saturated heterocycles. The molecule has 2 aliphatic rings. The first kappa shape index (κ1) is 31.0. The van der Waals surface area contributed by atoms with E-state index in [1.54, 1.807) is 12.3 Å². The average molecular weight is 632 g/mol. The van der Waals surface area contributed by atoms with Gasteiger partial charge in [-0.2, -0.15) is 0 Å². The zero-order valence-corrected chi connectivity index (χ0v) is 26.1. The van der Waals surface area contributed by atoms with Gasteiger partial charge in [0.15, 0.2) is 5.82 Å². The number of aromatic nitrogens is 3. The number of pyridine rings is 1. The van der Waals surface area contributed by atoms with Crippen molar-refractivity contribution >= 4 is 51.8 Å². The molecule has 0 unspecified atom stereocenters. The highest BCUT2D eigenvalue weighted by molar-refractivity contribution is 6.41. The molecule has 1 amide bonds. The average Bonchev–Trinajstić information content (AvgIpc) is 3.34. The van der Waals surface area contributed by atoms with E-state index < -0.39 is 0 Å². The van der Waals surface area contributed by atoms with E-state index >= 15 is 0 Å². The number of hydrogen-bond donors (Lipinski definition) is 3. The Bertz CT molecular complexity index is 1480. The number of methoxy groups -OCH3 is 2. The number of likely N-dealkylation sites (tertiary alicyclic amines) is 1. The molecule has 0 aliphatic carbocycles. The van der Waals surface area contributed by atoms with Crippen LogP contribution >= 0.6 is 23.2 Å². The molecule has 14 heteroatoms. The SMILES string of the molecule is C=CC(=O)N[C@H]1CN(CCN(C)C)C[C@H]1Nc1ncc2cc(-c3c(Cl)c(OC)cc(OC)c3Cl)nc(NC3COC3)c2n1. The second kappa shape index (κ2) is 13.5. The first-order valence-electron chi connectivity index (χ1n) is 13.9. The van der Waals surface area contributed by atoms with Crippen molar-refractivity contribution in [3.8, 4) is 22.8 Å². The van der Waals surface area contributed by atoms with Crippen molar-refractivity contribution in [2.75, 3.05) is 78.3 Å². The van der Waals surface area contributed by atoms with Gasteiger partial charge in [-0.05, 0) is 26.2 Å². The van der Waals surface area contributed by atoms with Crippen LogP contribution in [0.1, 0.15) is 0 Å². The summed E-state index contributed by atoms with van der Waals surface area (Å²) in [7, 11) is 7.13. The molecule has 2 aliphatic heterocycles. The molecule has 2 atom stereocenters. The molecule has 0 bridgehead atoms. The number of anilines is 2. The van der Waals surface area contributed by atoms with Crippen LogP contribution in [-0.2, 0) is 9.53 Å². The van der Waals surface area contributed by atoms with Crippen molar-refractivity contribution in [2.24, 2.45) is 0 Å². The van der Waals surface area contributed by atoms with Gasteiger partial charge in [0.2, 0.25) is 11.9 Å². The first-order valence-corrected chi connectivity index (χ1v) is 14.6. The van der Waals surface area contributed by atoms with Crippen LogP contribution in [0.25, 0.3) is 22.2 Å². The molecule has 12 nitrogen and oxygen atoms in total. The molecule has 2 aromatic heterocycles. The third-order valence-corrected chi connectivity index (χ3v) is 8.21. The molecular formula is C29H36Cl2N8O4. The third-order valence-electron chi connectivity index (χ3n) is 7.46. The van der Waals surface area contributed by atoms with E-state index in [4.69, 9.17) is 47.4 Å².